The lowest BCUT2D eigenvalue weighted by molar-refractivity contribution is -0.274. The highest BCUT2D eigenvalue weighted by Crippen LogP contribution is 2.24. The highest BCUT2D eigenvalue weighted by molar-refractivity contribution is 6.11. The van der Waals surface area contributed by atoms with Crippen LogP contribution < -0.4 is 10.1 Å². The van der Waals surface area contributed by atoms with Crippen molar-refractivity contribution in [3.05, 3.63) is 66.5 Å². The minimum absolute atomic E-state index is 0.240. The fourth-order valence-electron chi connectivity index (χ4n) is 2.23. The Morgan fingerprint density at radius 2 is 1.71 bits per heavy atom. The van der Waals surface area contributed by atoms with E-state index in [1.807, 2.05) is 12.1 Å². The zero-order valence-electron chi connectivity index (χ0n) is 12.2. The van der Waals surface area contributed by atoms with Crippen LogP contribution >= 0.6 is 0 Å². The number of carbonyl (C=O) groups excluding carboxylic acids is 1. The lowest BCUT2D eigenvalue weighted by atomic mass is 10.1. The Kier molecular flexibility index (Phi) is 4.07. The van der Waals surface area contributed by atoms with Crippen LogP contribution in [0.15, 0.2) is 60.8 Å². The molecule has 0 bridgehead atoms. The van der Waals surface area contributed by atoms with Gasteiger partial charge in [-0.3, -0.25) is 9.78 Å². The van der Waals surface area contributed by atoms with Gasteiger partial charge in [0.05, 0.1) is 0 Å². The van der Waals surface area contributed by atoms with Gasteiger partial charge < -0.3 is 10.1 Å². The Morgan fingerprint density at radius 1 is 1.00 bits per heavy atom. The van der Waals surface area contributed by atoms with Gasteiger partial charge in [0, 0.05) is 17.3 Å². The standard InChI is InChI=1S/C17H11F3N2O2/c18-17(19,20)24-13-7-5-12(6-8-13)22-16(23)15-14-4-2-1-3-11(14)9-10-21-15/h1-10H,(H,22,23). The molecule has 0 radical (unpaired) electrons. The third-order valence-electron chi connectivity index (χ3n) is 3.23. The van der Waals surface area contributed by atoms with Crippen LogP contribution in [0.3, 0.4) is 0 Å². The zero-order chi connectivity index (χ0) is 17.2. The van der Waals surface area contributed by atoms with Gasteiger partial charge in [0.2, 0.25) is 0 Å². The van der Waals surface area contributed by atoms with Crippen LogP contribution in [0.2, 0.25) is 0 Å². The number of rotatable bonds is 3. The molecule has 2 aromatic carbocycles. The van der Waals surface area contributed by atoms with Crippen LogP contribution in [-0.2, 0) is 0 Å². The number of aromatic nitrogens is 1. The maximum atomic E-state index is 12.4. The molecule has 0 unspecified atom stereocenters. The maximum absolute atomic E-state index is 12.4. The van der Waals surface area contributed by atoms with E-state index >= 15 is 0 Å². The molecule has 0 saturated carbocycles. The van der Waals surface area contributed by atoms with Crippen molar-refractivity contribution in [2.75, 3.05) is 5.32 Å². The van der Waals surface area contributed by atoms with Gasteiger partial charge in [-0.05, 0) is 35.7 Å². The van der Waals surface area contributed by atoms with Crippen molar-refractivity contribution >= 4 is 22.4 Å². The first-order valence-corrected chi connectivity index (χ1v) is 6.93. The summed E-state index contributed by atoms with van der Waals surface area (Å²) in [5.74, 6) is -0.805. The highest BCUT2D eigenvalue weighted by Gasteiger charge is 2.30. The lowest BCUT2D eigenvalue weighted by Crippen LogP contribution is -2.17. The van der Waals surface area contributed by atoms with Gasteiger partial charge in [-0.2, -0.15) is 0 Å². The van der Waals surface area contributed by atoms with Crippen molar-refractivity contribution in [1.29, 1.82) is 0 Å². The van der Waals surface area contributed by atoms with Gasteiger partial charge >= 0.3 is 6.36 Å². The van der Waals surface area contributed by atoms with Crippen LogP contribution in [0.1, 0.15) is 10.5 Å². The summed E-state index contributed by atoms with van der Waals surface area (Å²) >= 11 is 0. The summed E-state index contributed by atoms with van der Waals surface area (Å²) in [5.41, 5.74) is 0.577. The number of pyridine rings is 1. The van der Waals surface area contributed by atoms with Crippen LogP contribution in [-0.4, -0.2) is 17.3 Å². The Balaban J connectivity index is 1.79. The van der Waals surface area contributed by atoms with E-state index in [2.05, 4.69) is 15.0 Å². The van der Waals surface area contributed by atoms with E-state index in [-0.39, 0.29) is 11.4 Å². The predicted octanol–water partition coefficient (Wildman–Crippen LogP) is 4.39. The van der Waals surface area contributed by atoms with Crippen molar-refractivity contribution in [3.8, 4) is 5.75 Å². The summed E-state index contributed by atoms with van der Waals surface area (Å²) in [6.07, 6.45) is -3.23. The molecule has 0 aliphatic heterocycles. The van der Waals surface area contributed by atoms with Gasteiger partial charge in [-0.1, -0.05) is 24.3 Å². The molecular formula is C17H11F3N2O2. The molecule has 0 saturated heterocycles. The summed E-state index contributed by atoms with van der Waals surface area (Å²) < 4.78 is 40.1. The Bertz CT molecular complexity index is 872. The molecule has 1 heterocycles. The first kappa shape index (κ1) is 15.8. The molecule has 1 N–H and O–H groups in total. The molecule has 0 atom stereocenters. The number of halogens is 3. The first-order valence-electron chi connectivity index (χ1n) is 6.93. The van der Waals surface area contributed by atoms with Gasteiger partial charge in [0.25, 0.3) is 5.91 Å². The third kappa shape index (κ3) is 3.62. The number of alkyl halides is 3. The molecule has 0 aliphatic carbocycles. The van der Waals surface area contributed by atoms with Crippen LogP contribution in [0.25, 0.3) is 10.8 Å². The van der Waals surface area contributed by atoms with E-state index in [1.54, 1.807) is 18.2 Å². The predicted molar refractivity (Wildman–Crippen MR) is 82.8 cm³/mol. The van der Waals surface area contributed by atoms with E-state index < -0.39 is 12.3 Å². The number of nitrogens with zero attached hydrogens (tertiary/aromatic N) is 1. The van der Waals surface area contributed by atoms with E-state index in [9.17, 15) is 18.0 Å². The van der Waals surface area contributed by atoms with Crippen LogP contribution in [0, 0.1) is 0 Å². The highest BCUT2D eigenvalue weighted by atomic mass is 19.4. The van der Waals surface area contributed by atoms with Crippen molar-refractivity contribution < 1.29 is 22.7 Å². The summed E-state index contributed by atoms with van der Waals surface area (Å²) in [5, 5.41) is 4.16. The molecule has 0 fully saturated rings. The Morgan fingerprint density at radius 3 is 2.42 bits per heavy atom. The fourth-order valence-corrected chi connectivity index (χ4v) is 2.23. The second-order valence-electron chi connectivity index (χ2n) is 4.91. The van der Waals surface area contributed by atoms with Gasteiger partial charge in [-0.15, -0.1) is 13.2 Å². The number of anilines is 1. The largest absolute Gasteiger partial charge is 0.573 e. The molecule has 122 valence electrons. The summed E-state index contributed by atoms with van der Waals surface area (Å²) in [6.45, 7) is 0. The summed E-state index contributed by atoms with van der Waals surface area (Å²) in [6, 6.07) is 14.0. The third-order valence-corrected chi connectivity index (χ3v) is 3.23. The van der Waals surface area contributed by atoms with E-state index in [1.165, 1.54) is 18.3 Å². The number of hydrogen-bond acceptors (Lipinski definition) is 3. The summed E-state index contributed by atoms with van der Waals surface area (Å²) in [4.78, 5) is 16.4. The normalized spacial score (nSPS) is 11.3. The van der Waals surface area contributed by atoms with Gasteiger partial charge in [0.1, 0.15) is 11.4 Å². The number of carbonyl (C=O) groups is 1. The minimum atomic E-state index is -4.75. The minimum Gasteiger partial charge on any atom is -0.406 e. The van der Waals surface area contributed by atoms with Crippen molar-refractivity contribution in [3.63, 3.8) is 0 Å². The smallest absolute Gasteiger partial charge is 0.406 e. The number of hydrogen-bond donors (Lipinski definition) is 1. The SMILES string of the molecule is O=C(Nc1ccc(OC(F)(F)F)cc1)c1nccc2ccccc12. The molecule has 3 rings (SSSR count). The van der Waals surface area contributed by atoms with Gasteiger partial charge in [-0.25, -0.2) is 0 Å². The molecule has 0 aliphatic rings. The molecular weight excluding hydrogens is 321 g/mol. The molecule has 0 spiro atoms. The monoisotopic (exact) mass is 332 g/mol. The second-order valence-corrected chi connectivity index (χ2v) is 4.91. The molecule has 4 nitrogen and oxygen atoms in total. The van der Waals surface area contributed by atoms with Crippen LogP contribution in [0.5, 0.6) is 5.75 Å². The average Bonchev–Trinajstić information content (AvgIpc) is 2.55. The Hall–Kier alpha value is -3.09. The maximum Gasteiger partial charge on any atom is 0.573 e. The van der Waals surface area contributed by atoms with Crippen LogP contribution in [0.4, 0.5) is 18.9 Å². The zero-order valence-corrected chi connectivity index (χ0v) is 12.2. The topological polar surface area (TPSA) is 51.2 Å². The van der Waals surface area contributed by atoms with Gasteiger partial charge in [0.15, 0.2) is 0 Å². The quantitative estimate of drug-likeness (QED) is 0.774. The number of ether oxygens (including phenoxy) is 1. The van der Waals surface area contributed by atoms with Crippen molar-refractivity contribution in [1.82, 2.24) is 4.98 Å². The summed E-state index contributed by atoms with van der Waals surface area (Å²) in [7, 11) is 0. The van der Waals surface area contributed by atoms with E-state index in [4.69, 9.17) is 0 Å². The van der Waals surface area contributed by atoms with E-state index in [0.717, 1.165) is 17.5 Å². The van der Waals surface area contributed by atoms with E-state index in [0.29, 0.717) is 11.1 Å². The lowest BCUT2D eigenvalue weighted by Gasteiger charge is -2.10. The number of amides is 1. The Labute approximate surface area is 134 Å². The number of fused-ring (bicyclic) bond motifs is 1. The second kappa shape index (κ2) is 6.19. The van der Waals surface area contributed by atoms with Crippen molar-refractivity contribution in [2.24, 2.45) is 0 Å². The average molecular weight is 332 g/mol. The number of nitrogens with one attached hydrogen (secondary N) is 1. The van der Waals surface area contributed by atoms with Crippen molar-refractivity contribution in [2.45, 2.75) is 6.36 Å². The number of benzene rings is 2. The first-order chi connectivity index (χ1) is 11.4. The molecule has 1 amide bonds. The molecule has 7 heteroatoms. The molecule has 24 heavy (non-hydrogen) atoms. The molecule has 3 aromatic rings. The fraction of sp³-hybridized carbons (Fsp3) is 0.0588. The molecule has 1 aromatic heterocycles.